The summed E-state index contributed by atoms with van der Waals surface area (Å²) in [5.74, 6) is 0.795. The molecule has 114 valence electrons. The predicted molar refractivity (Wildman–Crippen MR) is 82.5 cm³/mol. The Balaban J connectivity index is 2.52. The second-order valence-electron chi connectivity index (χ2n) is 6.80. The van der Waals surface area contributed by atoms with Crippen LogP contribution >= 0.6 is 0 Å². The van der Waals surface area contributed by atoms with E-state index in [4.69, 9.17) is 5.73 Å². The molecule has 2 N–H and O–H groups in total. The summed E-state index contributed by atoms with van der Waals surface area (Å²) in [6.45, 7) is 9.31. The van der Waals surface area contributed by atoms with Crippen molar-refractivity contribution in [3.8, 4) is 0 Å². The molecule has 0 radical (unpaired) electrons. The lowest BCUT2D eigenvalue weighted by Crippen LogP contribution is -2.24. The first-order valence-corrected chi connectivity index (χ1v) is 7.45. The first-order chi connectivity index (χ1) is 9.24. The molecule has 0 aliphatic carbocycles. The number of ketones is 1. The Bertz CT molecular complexity index is 443. The molecule has 0 aromatic carbocycles. The van der Waals surface area contributed by atoms with Crippen molar-refractivity contribution in [1.82, 2.24) is 9.78 Å². The molecule has 0 spiro atoms. The summed E-state index contributed by atoms with van der Waals surface area (Å²) in [6.07, 6.45) is 3.03. The van der Waals surface area contributed by atoms with Gasteiger partial charge in [0, 0.05) is 25.6 Å². The number of carbonyl (C=O) groups is 1. The van der Waals surface area contributed by atoms with E-state index in [-0.39, 0.29) is 5.41 Å². The van der Waals surface area contributed by atoms with Crippen LogP contribution in [0.25, 0.3) is 0 Å². The molecule has 1 unspecified atom stereocenters. The van der Waals surface area contributed by atoms with Gasteiger partial charge in [-0.2, -0.15) is 5.10 Å². The van der Waals surface area contributed by atoms with Crippen molar-refractivity contribution in [1.29, 1.82) is 0 Å². The van der Waals surface area contributed by atoms with Gasteiger partial charge in [0.05, 0.1) is 5.69 Å². The lowest BCUT2D eigenvalue weighted by molar-refractivity contribution is -0.119. The number of Topliss-reactive ketones (excluding diaryl/α,β-unsaturated/α-hetero) is 1. The molecule has 1 heterocycles. The van der Waals surface area contributed by atoms with Crippen LogP contribution in [-0.2, 0) is 18.3 Å². The van der Waals surface area contributed by atoms with E-state index in [0.29, 0.717) is 31.1 Å². The van der Waals surface area contributed by atoms with Gasteiger partial charge in [-0.15, -0.1) is 0 Å². The highest BCUT2D eigenvalue weighted by atomic mass is 16.1. The summed E-state index contributed by atoms with van der Waals surface area (Å²) >= 11 is 0. The van der Waals surface area contributed by atoms with Crippen LogP contribution in [0.4, 0.5) is 0 Å². The highest BCUT2D eigenvalue weighted by Crippen LogP contribution is 2.32. The lowest BCUT2D eigenvalue weighted by Gasteiger charge is -2.30. The molecule has 0 bridgehead atoms. The fourth-order valence-corrected chi connectivity index (χ4v) is 2.67. The highest BCUT2D eigenvalue weighted by molar-refractivity contribution is 5.80. The topological polar surface area (TPSA) is 60.9 Å². The zero-order valence-corrected chi connectivity index (χ0v) is 13.6. The molecule has 1 rings (SSSR count). The molecule has 0 saturated carbocycles. The van der Waals surface area contributed by atoms with Gasteiger partial charge in [-0.05, 0) is 43.7 Å². The molecule has 4 nitrogen and oxygen atoms in total. The van der Waals surface area contributed by atoms with Crippen LogP contribution in [0.15, 0.2) is 6.07 Å². The van der Waals surface area contributed by atoms with Crippen molar-refractivity contribution >= 4 is 5.78 Å². The van der Waals surface area contributed by atoms with Gasteiger partial charge in [-0.1, -0.05) is 20.8 Å². The summed E-state index contributed by atoms with van der Waals surface area (Å²) in [5.41, 5.74) is 7.86. The van der Waals surface area contributed by atoms with E-state index in [9.17, 15) is 4.79 Å². The van der Waals surface area contributed by atoms with E-state index in [1.54, 1.807) is 4.68 Å². The normalized spacial score (nSPS) is 13.5. The van der Waals surface area contributed by atoms with Crippen LogP contribution in [0.2, 0.25) is 0 Å². The first kappa shape index (κ1) is 16.9. The maximum Gasteiger partial charge on any atom is 0.138 e. The number of rotatable bonds is 7. The van der Waals surface area contributed by atoms with E-state index in [2.05, 4.69) is 25.9 Å². The van der Waals surface area contributed by atoms with Crippen molar-refractivity contribution in [3.63, 3.8) is 0 Å². The molecule has 1 aromatic heterocycles. The number of hydrogen-bond acceptors (Lipinski definition) is 3. The van der Waals surface area contributed by atoms with E-state index < -0.39 is 0 Å². The smallest absolute Gasteiger partial charge is 0.138 e. The third-order valence-electron chi connectivity index (χ3n) is 3.99. The van der Waals surface area contributed by atoms with Gasteiger partial charge in [0.1, 0.15) is 5.78 Å². The summed E-state index contributed by atoms with van der Waals surface area (Å²) in [7, 11) is 1.89. The zero-order valence-electron chi connectivity index (χ0n) is 13.6. The molecule has 1 aromatic rings. The number of carbonyl (C=O) groups excluding carboxylic acids is 1. The van der Waals surface area contributed by atoms with E-state index in [1.165, 1.54) is 0 Å². The number of nitrogens with two attached hydrogens (primary N) is 1. The van der Waals surface area contributed by atoms with Gasteiger partial charge in [0.15, 0.2) is 0 Å². The van der Waals surface area contributed by atoms with Gasteiger partial charge < -0.3 is 5.73 Å². The summed E-state index contributed by atoms with van der Waals surface area (Å²) in [5, 5.41) is 4.28. The van der Waals surface area contributed by atoms with Gasteiger partial charge in [-0.25, -0.2) is 0 Å². The lowest BCUT2D eigenvalue weighted by atomic mass is 9.76. The minimum Gasteiger partial charge on any atom is -0.330 e. The Kier molecular flexibility index (Phi) is 5.93. The Hall–Kier alpha value is -1.16. The number of hydrogen-bond donors (Lipinski definition) is 1. The highest BCUT2D eigenvalue weighted by Gasteiger charge is 2.24. The predicted octanol–water partition coefficient (Wildman–Crippen LogP) is 2.63. The first-order valence-electron chi connectivity index (χ1n) is 7.45. The fraction of sp³-hybridized carbons (Fsp3) is 0.750. The molecule has 0 aliphatic heterocycles. The van der Waals surface area contributed by atoms with Crippen LogP contribution < -0.4 is 5.73 Å². The molecule has 0 aliphatic rings. The second kappa shape index (κ2) is 7.02. The second-order valence-corrected chi connectivity index (χ2v) is 6.80. The minimum absolute atomic E-state index is 0.211. The summed E-state index contributed by atoms with van der Waals surface area (Å²) < 4.78 is 1.80. The van der Waals surface area contributed by atoms with Gasteiger partial charge in [0.25, 0.3) is 0 Å². The van der Waals surface area contributed by atoms with Crippen molar-refractivity contribution < 1.29 is 4.79 Å². The van der Waals surface area contributed by atoms with E-state index >= 15 is 0 Å². The van der Waals surface area contributed by atoms with E-state index in [1.807, 2.05) is 20.0 Å². The molecule has 0 fully saturated rings. The standard InChI is InChI=1S/C16H29N3O/c1-12-10-14(19(5)18-12)11-15(20)7-6-13(8-9-17)16(2,3)4/h10,13H,6-9,11,17H2,1-5H3. The van der Waals surface area contributed by atoms with Crippen molar-refractivity contribution in [3.05, 3.63) is 17.5 Å². The largest absolute Gasteiger partial charge is 0.330 e. The molecule has 0 amide bonds. The van der Waals surface area contributed by atoms with Gasteiger partial charge in [-0.3, -0.25) is 9.48 Å². The Morgan fingerprint density at radius 1 is 1.40 bits per heavy atom. The van der Waals surface area contributed by atoms with E-state index in [0.717, 1.165) is 24.2 Å². The summed E-state index contributed by atoms with van der Waals surface area (Å²) in [6, 6.07) is 1.99. The van der Waals surface area contributed by atoms with Crippen LogP contribution in [0.5, 0.6) is 0 Å². The summed E-state index contributed by atoms with van der Waals surface area (Å²) in [4.78, 5) is 12.1. The SMILES string of the molecule is Cc1cc(CC(=O)CCC(CCN)C(C)(C)C)n(C)n1. The number of nitrogens with zero attached hydrogens (tertiary/aromatic N) is 2. The van der Waals surface area contributed by atoms with Crippen LogP contribution in [0.3, 0.4) is 0 Å². The van der Waals surface area contributed by atoms with Gasteiger partial charge >= 0.3 is 0 Å². The monoisotopic (exact) mass is 279 g/mol. The number of aromatic nitrogens is 2. The average Bonchev–Trinajstić information content (AvgIpc) is 2.61. The average molecular weight is 279 g/mol. The zero-order chi connectivity index (χ0) is 15.3. The Morgan fingerprint density at radius 3 is 2.50 bits per heavy atom. The van der Waals surface area contributed by atoms with Crippen molar-refractivity contribution in [2.24, 2.45) is 24.1 Å². The molecular formula is C16H29N3O. The van der Waals surface area contributed by atoms with Crippen molar-refractivity contribution in [2.75, 3.05) is 6.54 Å². The molecule has 20 heavy (non-hydrogen) atoms. The molecule has 4 heteroatoms. The van der Waals surface area contributed by atoms with Crippen LogP contribution in [0, 0.1) is 18.3 Å². The van der Waals surface area contributed by atoms with Crippen molar-refractivity contribution in [2.45, 2.75) is 53.4 Å². The fourth-order valence-electron chi connectivity index (χ4n) is 2.67. The quantitative estimate of drug-likeness (QED) is 0.834. The Labute approximate surface area is 122 Å². The third kappa shape index (κ3) is 5.08. The maximum atomic E-state index is 12.1. The van der Waals surface area contributed by atoms with Crippen LogP contribution in [-0.4, -0.2) is 22.1 Å². The molecule has 0 saturated heterocycles. The van der Waals surface area contributed by atoms with Crippen LogP contribution in [0.1, 0.15) is 51.4 Å². The molecule has 1 atom stereocenters. The molecular weight excluding hydrogens is 250 g/mol. The van der Waals surface area contributed by atoms with Gasteiger partial charge in [0.2, 0.25) is 0 Å². The minimum atomic E-state index is 0.211. The Morgan fingerprint density at radius 2 is 2.05 bits per heavy atom. The maximum absolute atomic E-state index is 12.1. The number of aryl methyl sites for hydroxylation is 2. The third-order valence-corrected chi connectivity index (χ3v) is 3.99.